The number of rotatable bonds is 4. The Kier molecular flexibility index (Phi) is 4.29. The van der Waals surface area contributed by atoms with Gasteiger partial charge in [0.2, 0.25) is 0 Å². The van der Waals surface area contributed by atoms with Crippen LogP contribution in [0.5, 0.6) is 0 Å². The Morgan fingerprint density at radius 2 is 1.95 bits per heavy atom. The van der Waals surface area contributed by atoms with Gasteiger partial charge in [-0.3, -0.25) is 4.72 Å². The Bertz CT molecular complexity index is 732. The van der Waals surface area contributed by atoms with Crippen molar-refractivity contribution in [3.8, 4) is 0 Å². The van der Waals surface area contributed by atoms with Gasteiger partial charge in [-0.2, -0.15) is 8.42 Å². The zero-order chi connectivity index (χ0) is 14.8. The Balaban J connectivity index is 2.43. The van der Waals surface area contributed by atoms with Gasteiger partial charge in [-0.15, -0.1) is 0 Å². The summed E-state index contributed by atoms with van der Waals surface area (Å²) in [5, 5.41) is 2.79. The standard InChI is InChI=1S/C13H14BrN3O2S/c1-9-5-6-10(14)12(8-9)17-20(18,19)13-11(15-2)4-3-7-16-13/h3-8,15,17H,1-2H3. The lowest BCUT2D eigenvalue weighted by atomic mass is 10.2. The van der Waals surface area contributed by atoms with Crippen LogP contribution in [0.1, 0.15) is 5.56 Å². The van der Waals surface area contributed by atoms with E-state index in [2.05, 4.69) is 31.0 Å². The topological polar surface area (TPSA) is 71.1 Å². The molecule has 0 aliphatic rings. The highest BCUT2D eigenvalue weighted by Gasteiger charge is 2.20. The molecule has 0 saturated carbocycles. The minimum Gasteiger partial charge on any atom is -0.386 e. The molecule has 0 saturated heterocycles. The van der Waals surface area contributed by atoms with Gasteiger partial charge in [0.25, 0.3) is 10.0 Å². The van der Waals surface area contributed by atoms with E-state index in [9.17, 15) is 8.42 Å². The van der Waals surface area contributed by atoms with Crippen LogP contribution in [0, 0.1) is 6.92 Å². The maximum Gasteiger partial charge on any atom is 0.281 e. The van der Waals surface area contributed by atoms with Crippen LogP contribution in [0.3, 0.4) is 0 Å². The maximum atomic E-state index is 12.4. The first-order chi connectivity index (χ1) is 9.44. The fourth-order valence-corrected chi connectivity index (χ4v) is 3.40. The third-order valence-electron chi connectivity index (χ3n) is 2.66. The molecular formula is C13H14BrN3O2S. The largest absolute Gasteiger partial charge is 0.386 e. The molecule has 0 bridgehead atoms. The summed E-state index contributed by atoms with van der Waals surface area (Å²) in [6.07, 6.45) is 1.45. The second kappa shape index (κ2) is 5.80. The van der Waals surface area contributed by atoms with Crippen molar-refractivity contribution in [2.24, 2.45) is 0 Å². The molecule has 5 nitrogen and oxygen atoms in total. The molecule has 2 N–H and O–H groups in total. The van der Waals surface area contributed by atoms with E-state index in [-0.39, 0.29) is 5.03 Å². The van der Waals surface area contributed by atoms with Crippen LogP contribution in [0.25, 0.3) is 0 Å². The van der Waals surface area contributed by atoms with Gasteiger partial charge in [-0.1, -0.05) is 6.07 Å². The summed E-state index contributed by atoms with van der Waals surface area (Å²) >= 11 is 3.33. The number of anilines is 2. The fraction of sp³-hybridized carbons (Fsp3) is 0.154. The van der Waals surface area contributed by atoms with E-state index in [1.165, 1.54) is 6.20 Å². The SMILES string of the molecule is CNc1cccnc1S(=O)(=O)Nc1cc(C)ccc1Br. The molecule has 2 aromatic rings. The first-order valence-electron chi connectivity index (χ1n) is 5.86. The number of hydrogen-bond donors (Lipinski definition) is 2. The zero-order valence-electron chi connectivity index (χ0n) is 11.0. The van der Waals surface area contributed by atoms with E-state index in [0.29, 0.717) is 15.8 Å². The van der Waals surface area contributed by atoms with Gasteiger partial charge < -0.3 is 5.32 Å². The molecule has 1 aromatic carbocycles. The van der Waals surface area contributed by atoms with Gasteiger partial charge in [0.15, 0.2) is 5.03 Å². The van der Waals surface area contributed by atoms with Crippen LogP contribution >= 0.6 is 15.9 Å². The molecule has 0 atom stereocenters. The molecule has 1 heterocycles. The van der Waals surface area contributed by atoms with Crippen LogP contribution in [0.2, 0.25) is 0 Å². The van der Waals surface area contributed by atoms with E-state index >= 15 is 0 Å². The molecule has 0 radical (unpaired) electrons. The number of nitrogens with zero attached hydrogens (tertiary/aromatic N) is 1. The number of aryl methyl sites for hydroxylation is 1. The molecule has 1 aromatic heterocycles. The summed E-state index contributed by atoms with van der Waals surface area (Å²) < 4.78 is 28.0. The second-order valence-corrected chi connectivity index (χ2v) is 6.65. The maximum absolute atomic E-state index is 12.4. The van der Waals surface area contributed by atoms with E-state index in [1.54, 1.807) is 31.3 Å². The average molecular weight is 356 g/mol. The highest BCUT2D eigenvalue weighted by Crippen LogP contribution is 2.27. The number of aromatic nitrogens is 1. The van der Waals surface area contributed by atoms with Crippen molar-refractivity contribution in [1.29, 1.82) is 0 Å². The van der Waals surface area contributed by atoms with E-state index in [4.69, 9.17) is 0 Å². The smallest absolute Gasteiger partial charge is 0.281 e. The van der Waals surface area contributed by atoms with Crippen molar-refractivity contribution < 1.29 is 8.42 Å². The zero-order valence-corrected chi connectivity index (χ0v) is 13.4. The third kappa shape index (κ3) is 3.10. The number of benzene rings is 1. The quantitative estimate of drug-likeness (QED) is 0.884. The first kappa shape index (κ1) is 14.8. The molecule has 0 unspecified atom stereocenters. The van der Waals surface area contributed by atoms with Crippen molar-refractivity contribution in [1.82, 2.24) is 4.98 Å². The summed E-state index contributed by atoms with van der Waals surface area (Å²) in [7, 11) is -2.10. The summed E-state index contributed by atoms with van der Waals surface area (Å²) in [5.74, 6) is 0. The van der Waals surface area contributed by atoms with Crippen LogP contribution in [-0.4, -0.2) is 20.4 Å². The van der Waals surface area contributed by atoms with E-state index in [0.717, 1.165) is 5.56 Å². The predicted molar refractivity (Wildman–Crippen MR) is 83.5 cm³/mol. The Hall–Kier alpha value is -1.60. The number of halogens is 1. The van der Waals surface area contributed by atoms with Crippen LogP contribution < -0.4 is 10.0 Å². The molecule has 0 amide bonds. The highest BCUT2D eigenvalue weighted by atomic mass is 79.9. The minimum absolute atomic E-state index is 0.0316. The molecule has 0 aliphatic carbocycles. The van der Waals surface area contributed by atoms with Crippen molar-refractivity contribution in [3.63, 3.8) is 0 Å². The average Bonchev–Trinajstić information content (AvgIpc) is 2.42. The summed E-state index contributed by atoms with van der Waals surface area (Å²) in [6, 6.07) is 8.77. The predicted octanol–water partition coefficient (Wildman–Crippen LogP) is 3.00. The number of nitrogens with one attached hydrogen (secondary N) is 2. The normalized spacial score (nSPS) is 11.2. The number of pyridine rings is 1. The van der Waals surface area contributed by atoms with Gasteiger partial charge in [-0.25, -0.2) is 4.98 Å². The van der Waals surface area contributed by atoms with Crippen molar-refractivity contribution in [2.75, 3.05) is 17.1 Å². The van der Waals surface area contributed by atoms with Gasteiger partial charge in [0, 0.05) is 17.7 Å². The fourth-order valence-electron chi connectivity index (χ4n) is 1.71. The third-order valence-corrected chi connectivity index (χ3v) is 4.68. The van der Waals surface area contributed by atoms with Gasteiger partial charge >= 0.3 is 0 Å². The van der Waals surface area contributed by atoms with Crippen LogP contribution in [0.4, 0.5) is 11.4 Å². The minimum atomic E-state index is -3.75. The molecule has 0 fully saturated rings. The van der Waals surface area contributed by atoms with Gasteiger partial charge in [-0.05, 0) is 52.7 Å². The lowest BCUT2D eigenvalue weighted by molar-refractivity contribution is 0.598. The summed E-state index contributed by atoms with van der Waals surface area (Å²) in [5.41, 5.74) is 1.89. The Labute approximate surface area is 126 Å². The molecule has 7 heteroatoms. The lowest BCUT2D eigenvalue weighted by Gasteiger charge is -2.12. The Morgan fingerprint density at radius 1 is 1.20 bits per heavy atom. The number of hydrogen-bond acceptors (Lipinski definition) is 4. The highest BCUT2D eigenvalue weighted by molar-refractivity contribution is 9.10. The van der Waals surface area contributed by atoms with E-state index < -0.39 is 10.0 Å². The molecule has 106 valence electrons. The lowest BCUT2D eigenvalue weighted by Crippen LogP contribution is -2.16. The van der Waals surface area contributed by atoms with Crippen molar-refractivity contribution in [3.05, 3.63) is 46.6 Å². The summed E-state index contributed by atoms with van der Waals surface area (Å²) in [6.45, 7) is 1.89. The second-order valence-electron chi connectivity index (χ2n) is 4.19. The van der Waals surface area contributed by atoms with Crippen molar-refractivity contribution >= 4 is 37.3 Å². The first-order valence-corrected chi connectivity index (χ1v) is 8.13. The monoisotopic (exact) mass is 355 g/mol. The molecule has 0 aliphatic heterocycles. The Morgan fingerprint density at radius 3 is 2.65 bits per heavy atom. The molecular weight excluding hydrogens is 342 g/mol. The number of sulfonamides is 1. The summed E-state index contributed by atoms with van der Waals surface area (Å²) in [4.78, 5) is 3.94. The van der Waals surface area contributed by atoms with Crippen LogP contribution in [-0.2, 0) is 10.0 Å². The molecule has 2 rings (SSSR count). The molecule has 0 spiro atoms. The van der Waals surface area contributed by atoms with Gasteiger partial charge in [0.1, 0.15) is 0 Å². The van der Waals surface area contributed by atoms with Crippen molar-refractivity contribution in [2.45, 2.75) is 11.9 Å². The van der Waals surface area contributed by atoms with Gasteiger partial charge in [0.05, 0.1) is 11.4 Å². The van der Waals surface area contributed by atoms with Crippen LogP contribution in [0.15, 0.2) is 46.0 Å². The van der Waals surface area contributed by atoms with E-state index in [1.807, 2.05) is 13.0 Å². The molecule has 20 heavy (non-hydrogen) atoms.